The Labute approximate surface area is 196 Å². The second kappa shape index (κ2) is 10.7. The number of allylic oxidation sites excluding steroid dienone is 3. The number of hydrogen-bond acceptors (Lipinski definition) is 3. The van der Waals surface area contributed by atoms with Gasteiger partial charge in [0.2, 0.25) is 5.91 Å². The third-order valence-corrected chi connectivity index (χ3v) is 5.12. The SMILES string of the molecule is C=N/C(=C\C=C(/C)c1ccccc1)NC(=O)Cc1ccc(-c2ccnc(C)c2)c(C(F)(F)F)c1. The first kappa shape index (κ1) is 24.6. The summed E-state index contributed by atoms with van der Waals surface area (Å²) in [4.78, 5) is 20.3. The van der Waals surface area contributed by atoms with E-state index in [1.807, 2.05) is 37.3 Å². The van der Waals surface area contributed by atoms with E-state index < -0.39 is 17.6 Å². The molecule has 0 aliphatic carbocycles. The van der Waals surface area contributed by atoms with E-state index in [0.717, 1.165) is 17.2 Å². The molecule has 7 heteroatoms. The Balaban J connectivity index is 1.79. The van der Waals surface area contributed by atoms with Crippen molar-refractivity contribution in [3.63, 3.8) is 0 Å². The highest BCUT2D eigenvalue weighted by Crippen LogP contribution is 2.37. The fourth-order valence-electron chi connectivity index (χ4n) is 3.41. The molecule has 3 rings (SSSR count). The number of carbonyl (C=O) groups is 1. The zero-order chi connectivity index (χ0) is 24.7. The maximum absolute atomic E-state index is 13.8. The molecule has 1 heterocycles. The molecule has 1 amide bonds. The van der Waals surface area contributed by atoms with Crippen LogP contribution >= 0.6 is 0 Å². The Bertz CT molecular complexity index is 1250. The predicted octanol–water partition coefficient (Wildman–Crippen LogP) is 6.38. The number of aromatic nitrogens is 1. The van der Waals surface area contributed by atoms with Crippen molar-refractivity contribution in [3.05, 3.63) is 107 Å². The van der Waals surface area contributed by atoms with Crippen LogP contribution in [0.2, 0.25) is 0 Å². The predicted molar refractivity (Wildman–Crippen MR) is 129 cm³/mol. The lowest BCUT2D eigenvalue weighted by Crippen LogP contribution is -2.24. The fraction of sp³-hybridized carbons (Fsp3) is 0.148. The summed E-state index contributed by atoms with van der Waals surface area (Å²) in [5.41, 5.74) is 2.46. The summed E-state index contributed by atoms with van der Waals surface area (Å²) in [6.07, 6.45) is 0.0336. The molecule has 0 aliphatic heterocycles. The van der Waals surface area contributed by atoms with Crippen molar-refractivity contribution in [2.45, 2.75) is 26.4 Å². The zero-order valence-electron chi connectivity index (χ0n) is 18.9. The minimum Gasteiger partial charge on any atom is -0.310 e. The Hall–Kier alpha value is -4.00. The minimum absolute atomic E-state index is 0.0389. The number of alkyl halides is 3. The van der Waals surface area contributed by atoms with Gasteiger partial charge in [-0.05, 0) is 72.7 Å². The summed E-state index contributed by atoms with van der Waals surface area (Å²) in [6, 6.07) is 16.7. The molecule has 3 aromatic rings. The molecule has 0 unspecified atom stereocenters. The Morgan fingerprint density at radius 2 is 1.82 bits per heavy atom. The highest BCUT2D eigenvalue weighted by Gasteiger charge is 2.34. The van der Waals surface area contributed by atoms with Gasteiger partial charge in [0.05, 0.1) is 12.0 Å². The number of aryl methyl sites for hydroxylation is 1. The number of halogens is 3. The maximum Gasteiger partial charge on any atom is 0.417 e. The average molecular weight is 464 g/mol. The van der Waals surface area contributed by atoms with E-state index in [4.69, 9.17) is 0 Å². The highest BCUT2D eigenvalue weighted by molar-refractivity contribution is 5.81. The number of hydrogen-bond donors (Lipinski definition) is 1. The van der Waals surface area contributed by atoms with Crippen LogP contribution in [0.5, 0.6) is 0 Å². The van der Waals surface area contributed by atoms with Gasteiger partial charge in [-0.15, -0.1) is 0 Å². The minimum atomic E-state index is -4.58. The van der Waals surface area contributed by atoms with Crippen LogP contribution in [-0.2, 0) is 17.4 Å². The number of nitrogens with zero attached hydrogens (tertiary/aromatic N) is 2. The largest absolute Gasteiger partial charge is 0.417 e. The second-order valence-corrected chi connectivity index (χ2v) is 7.71. The van der Waals surface area contributed by atoms with Gasteiger partial charge in [0.15, 0.2) is 0 Å². The van der Waals surface area contributed by atoms with Gasteiger partial charge in [-0.3, -0.25) is 9.78 Å². The molecule has 0 atom stereocenters. The average Bonchev–Trinajstić information content (AvgIpc) is 2.81. The number of amides is 1. The van der Waals surface area contributed by atoms with Gasteiger partial charge in [-0.1, -0.05) is 48.5 Å². The summed E-state index contributed by atoms with van der Waals surface area (Å²) in [6.45, 7) is 7.08. The summed E-state index contributed by atoms with van der Waals surface area (Å²) in [5.74, 6) is -0.287. The fourth-order valence-corrected chi connectivity index (χ4v) is 3.41. The van der Waals surface area contributed by atoms with Gasteiger partial charge in [-0.25, -0.2) is 4.99 Å². The number of benzene rings is 2. The van der Waals surface area contributed by atoms with Crippen molar-refractivity contribution in [2.24, 2.45) is 4.99 Å². The molecule has 1 aromatic heterocycles. The van der Waals surface area contributed by atoms with E-state index in [0.29, 0.717) is 11.3 Å². The molecular weight excluding hydrogens is 439 g/mol. The van der Waals surface area contributed by atoms with Crippen molar-refractivity contribution in [1.29, 1.82) is 0 Å². The molecule has 0 spiro atoms. The Morgan fingerprint density at radius 1 is 1.09 bits per heavy atom. The van der Waals surface area contributed by atoms with Crippen LogP contribution in [0.25, 0.3) is 16.7 Å². The van der Waals surface area contributed by atoms with Crippen LogP contribution < -0.4 is 5.32 Å². The van der Waals surface area contributed by atoms with Crippen LogP contribution in [0.3, 0.4) is 0 Å². The highest BCUT2D eigenvalue weighted by atomic mass is 19.4. The van der Waals surface area contributed by atoms with Crippen molar-refractivity contribution in [3.8, 4) is 11.1 Å². The van der Waals surface area contributed by atoms with E-state index in [-0.39, 0.29) is 23.4 Å². The lowest BCUT2D eigenvalue weighted by atomic mass is 9.96. The van der Waals surface area contributed by atoms with E-state index in [2.05, 4.69) is 22.0 Å². The van der Waals surface area contributed by atoms with Gasteiger partial charge in [0.1, 0.15) is 5.82 Å². The molecule has 0 bridgehead atoms. The van der Waals surface area contributed by atoms with E-state index >= 15 is 0 Å². The number of nitrogens with one attached hydrogen (secondary N) is 1. The molecule has 0 fully saturated rings. The zero-order valence-corrected chi connectivity index (χ0v) is 18.9. The van der Waals surface area contributed by atoms with E-state index in [1.54, 1.807) is 25.1 Å². The molecule has 0 saturated heterocycles. The topological polar surface area (TPSA) is 54.4 Å². The van der Waals surface area contributed by atoms with Crippen LogP contribution in [0, 0.1) is 6.92 Å². The smallest absolute Gasteiger partial charge is 0.310 e. The van der Waals surface area contributed by atoms with Gasteiger partial charge in [0, 0.05) is 11.9 Å². The van der Waals surface area contributed by atoms with E-state index in [9.17, 15) is 18.0 Å². The summed E-state index contributed by atoms with van der Waals surface area (Å²) < 4.78 is 41.3. The lowest BCUT2D eigenvalue weighted by Gasteiger charge is -2.15. The quantitative estimate of drug-likeness (QED) is 0.327. The number of rotatable bonds is 7. The first-order valence-corrected chi connectivity index (χ1v) is 10.5. The molecule has 0 radical (unpaired) electrons. The van der Waals surface area contributed by atoms with Crippen LogP contribution in [0.4, 0.5) is 13.2 Å². The maximum atomic E-state index is 13.8. The van der Waals surface area contributed by atoms with Crippen molar-refractivity contribution in [2.75, 3.05) is 0 Å². The standard InChI is InChI=1S/C27H24F3N3O/c1-18(21-7-5-4-6-8-21)9-12-25(31-3)33-26(34)17-20-10-11-23(24(16-20)27(28,29)30)22-13-14-32-19(2)15-22/h4-16H,3,17H2,1-2H3,(H,33,34)/b18-9+,25-12+. The van der Waals surface area contributed by atoms with Gasteiger partial charge < -0.3 is 5.32 Å². The lowest BCUT2D eigenvalue weighted by molar-refractivity contribution is -0.137. The summed E-state index contributed by atoms with van der Waals surface area (Å²) in [7, 11) is 0. The number of aliphatic imine (C=N–C) groups is 1. The van der Waals surface area contributed by atoms with Crippen molar-refractivity contribution >= 4 is 18.2 Å². The van der Waals surface area contributed by atoms with Crippen LogP contribution in [-0.4, -0.2) is 17.6 Å². The second-order valence-electron chi connectivity index (χ2n) is 7.71. The molecule has 0 saturated carbocycles. The first-order chi connectivity index (χ1) is 16.2. The Morgan fingerprint density at radius 3 is 2.47 bits per heavy atom. The summed E-state index contributed by atoms with van der Waals surface area (Å²) >= 11 is 0. The van der Waals surface area contributed by atoms with Crippen molar-refractivity contribution < 1.29 is 18.0 Å². The molecule has 174 valence electrons. The molecular formula is C27H24F3N3O. The number of carbonyl (C=O) groups excluding carboxylic acids is 1. The summed E-state index contributed by atoms with van der Waals surface area (Å²) in [5, 5.41) is 2.59. The molecule has 0 aliphatic rings. The third-order valence-electron chi connectivity index (χ3n) is 5.12. The molecule has 34 heavy (non-hydrogen) atoms. The third kappa shape index (κ3) is 6.51. The van der Waals surface area contributed by atoms with Crippen LogP contribution in [0.15, 0.2) is 89.8 Å². The number of pyridine rings is 1. The van der Waals surface area contributed by atoms with Gasteiger partial charge >= 0.3 is 6.18 Å². The molecule has 2 aromatic carbocycles. The normalized spacial score (nSPS) is 12.4. The monoisotopic (exact) mass is 463 g/mol. The first-order valence-electron chi connectivity index (χ1n) is 10.5. The van der Waals surface area contributed by atoms with Gasteiger partial charge in [0.25, 0.3) is 0 Å². The molecule has 4 nitrogen and oxygen atoms in total. The van der Waals surface area contributed by atoms with Crippen molar-refractivity contribution in [1.82, 2.24) is 10.3 Å². The van der Waals surface area contributed by atoms with Crippen LogP contribution in [0.1, 0.15) is 29.3 Å². The Kier molecular flexibility index (Phi) is 7.79. The van der Waals surface area contributed by atoms with Gasteiger partial charge in [-0.2, -0.15) is 13.2 Å². The van der Waals surface area contributed by atoms with E-state index in [1.165, 1.54) is 24.4 Å². The molecule has 1 N–H and O–H groups in total.